The molecule has 0 aromatic heterocycles. The first-order valence-corrected chi connectivity index (χ1v) is 12.3. The van der Waals surface area contributed by atoms with Gasteiger partial charge in [0.05, 0.1) is 10.6 Å². The number of halogens is 2. The smallest absolute Gasteiger partial charge is 0.323 e. The summed E-state index contributed by atoms with van der Waals surface area (Å²) in [5, 5.41) is 0.136. The summed E-state index contributed by atoms with van der Waals surface area (Å²) in [5.41, 5.74) is 1.40. The van der Waals surface area contributed by atoms with E-state index in [1.54, 1.807) is 11.0 Å². The first kappa shape index (κ1) is 22.1. The molecule has 12 heteroatoms. The van der Waals surface area contributed by atoms with E-state index in [1.165, 1.54) is 25.1 Å². The third kappa shape index (κ3) is 4.77. The highest BCUT2D eigenvalue weighted by Gasteiger charge is 2.33. The van der Waals surface area contributed by atoms with Gasteiger partial charge in [-0.2, -0.15) is 0 Å². The molecule has 0 saturated carbocycles. The molecule has 0 bridgehead atoms. The number of carbonyl (C=O) groups is 1. The number of hydrogen-bond acceptors (Lipinski definition) is 4. The van der Waals surface area contributed by atoms with Gasteiger partial charge in [-0.25, -0.2) is 8.42 Å². The number of benzene rings is 2. The second-order valence-corrected chi connectivity index (χ2v) is 10.8. The minimum Gasteiger partial charge on any atom is -0.323 e. The van der Waals surface area contributed by atoms with Gasteiger partial charge >= 0.3 is 7.60 Å². The molecule has 0 fully saturated rings. The maximum absolute atomic E-state index is 13.2. The van der Waals surface area contributed by atoms with Crippen LogP contribution in [0, 0.1) is 0 Å². The van der Waals surface area contributed by atoms with Gasteiger partial charge in [-0.15, -0.1) is 0 Å². The van der Waals surface area contributed by atoms with E-state index in [0.29, 0.717) is 28.5 Å². The Morgan fingerprint density at radius 1 is 1.17 bits per heavy atom. The molecule has 2 N–H and O–H groups in total. The normalized spacial score (nSPS) is 14.0. The largest absolute Gasteiger partial charge is 0.345 e. The van der Waals surface area contributed by atoms with E-state index < -0.39 is 23.9 Å². The molecule has 0 spiro atoms. The summed E-state index contributed by atoms with van der Waals surface area (Å²) in [4.78, 5) is 31.9. The van der Waals surface area contributed by atoms with Crippen LogP contribution in [-0.4, -0.2) is 36.9 Å². The maximum atomic E-state index is 13.2. The number of rotatable bonds is 5. The third-order valence-electron chi connectivity index (χ3n) is 4.36. The quantitative estimate of drug-likeness (QED) is 0.637. The van der Waals surface area contributed by atoms with Crippen molar-refractivity contribution in [3.05, 3.63) is 52.0 Å². The molecule has 1 amide bonds. The number of carbonyl (C=O) groups excluding carboxylic acids is 1. The highest BCUT2D eigenvalue weighted by molar-refractivity contribution is 7.93. The van der Waals surface area contributed by atoms with E-state index in [9.17, 15) is 27.6 Å². The van der Waals surface area contributed by atoms with Crippen molar-refractivity contribution in [1.82, 2.24) is 0 Å². The maximum Gasteiger partial charge on any atom is 0.345 e. The summed E-state index contributed by atoms with van der Waals surface area (Å²) >= 11 is 11.8. The molecule has 1 heterocycles. The summed E-state index contributed by atoms with van der Waals surface area (Å²) in [6.45, 7) is 1.87. The van der Waals surface area contributed by atoms with Gasteiger partial charge in [0.2, 0.25) is 5.91 Å². The molecule has 29 heavy (non-hydrogen) atoms. The second-order valence-electron chi connectivity index (χ2n) is 6.50. The van der Waals surface area contributed by atoms with Crippen LogP contribution in [0.2, 0.25) is 10.0 Å². The third-order valence-corrected chi connectivity index (χ3v) is 7.39. The van der Waals surface area contributed by atoms with Crippen molar-refractivity contribution < 1.29 is 27.6 Å². The second kappa shape index (κ2) is 7.91. The molecule has 1 aliphatic rings. The standard InChI is InChI=1S/C17H17Cl2N2O6PS/c1-11(22)20-5-4-12-6-15(2-3-17(12)20)21(10-28(23,24)25)29(26,27)16-8-13(18)7-14(19)9-16/h2-3,6-9H,4-5,10H2,1H3,(H2,23,24,25). The molecule has 2 aromatic rings. The average Bonchev–Trinajstić information content (AvgIpc) is 3.01. The molecule has 0 atom stereocenters. The van der Waals surface area contributed by atoms with Gasteiger partial charge in [-0.1, -0.05) is 23.2 Å². The Morgan fingerprint density at radius 2 is 1.79 bits per heavy atom. The lowest BCUT2D eigenvalue weighted by molar-refractivity contribution is -0.116. The van der Waals surface area contributed by atoms with Crippen molar-refractivity contribution >= 4 is 58.1 Å². The molecule has 156 valence electrons. The SMILES string of the molecule is CC(=O)N1CCc2cc(N(CP(=O)(O)O)S(=O)(=O)c3cc(Cl)cc(Cl)c3)ccc21. The van der Waals surface area contributed by atoms with Crippen LogP contribution in [0.25, 0.3) is 0 Å². The fourth-order valence-electron chi connectivity index (χ4n) is 3.14. The van der Waals surface area contributed by atoms with Crippen molar-refractivity contribution in [3.8, 4) is 0 Å². The first-order chi connectivity index (χ1) is 13.4. The summed E-state index contributed by atoms with van der Waals surface area (Å²) < 4.78 is 38.7. The molecular weight excluding hydrogens is 462 g/mol. The molecular formula is C17H17Cl2N2O6PS. The topological polar surface area (TPSA) is 115 Å². The highest BCUT2D eigenvalue weighted by atomic mass is 35.5. The van der Waals surface area contributed by atoms with Crippen molar-refractivity contribution in [1.29, 1.82) is 0 Å². The Bertz CT molecular complexity index is 1110. The molecule has 0 unspecified atom stereocenters. The van der Waals surface area contributed by atoms with E-state index in [2.05, 4.69) is 0 Å². The van der Waals surface area contributed by atoms with E-state index in [0.717, 1.165) is 12.1 Å². The van der Waals surface area contributed by atoms with Crippen molar-refractivity contribution in [2.24, 2.45) is 0 Å². The Balaban J connectivity index is 2.12. The number of hydrogen-bond donors (Lipinski definition) is 2. The Morgan fingerprint density at radius 3 is 2.34 bits per heavy atom. The van der Waals surface area contributed by atoms with Crippen LogP contribution in [-0.2, 0) is 25.8 Å². The van der Waals surface area contributed by atoms with Crippen LogP contribution in [0.3, 0.4) is 0 Å². The zero-order chi connectivity index (χ0) is 21.6. The lowest BCUT2D eigenvalue weighted by Gasteiger charge is -2.26. The summed E-state index contributed by atoms with van der Waals surface area (Å²) in [6, 6.07) is 8.13. The highest BCUT2D eigenvalue weighted by Crippen LogP contribution is 2.41. The van der Waals surface area contributed by atoms with Gasteiger partial charge in [0.15, 0.2) is 0 Å². The van der Waals surface area contributed by atoms with Gasteiger partial charge in [-0.3, -0.25) is 13.7 Å². The van der Waals surface area contributed by atoms with Gasteiger partial charge < -0.3 is 14.7 Å². The van der Waals surface area contributed by atoms with E-state index >= 15 is 0 Å². The molecule has 0 radical (unpaired) electrons. The van der Waals surface area contributed by atoms with Crippen molar-refractivity contribution in [3.63, 3.8) is 0 Å². The predicted molar refractivity (Wildman–Crippen MR) is 111 cm³/mol. The zero-order valence-electron chi connectivity index (χ0n) is 15.1. The molecule has 8 nitrogen and oxygen atoms in total. The molecule has 3 rings (SSSR count). The van der Waals surface area contributed by atoms with E-state index in [4.69, 9.17) is 23.2 Å². The van der Waals surface area contributed by atoms with E-state index in [-0.39, 0.29) is 26.5 Å². The van der Waals surface area contributed by atoms with Crippen LogP contribution < -0.4 is 9.21 Å². The number of nitrogens with zero attached hydrogens (tertiary/aromatic N) is 2. The van der Waals surface area contributed by atoms with Crippen LogP contribution in [0.4, 0.5) is 11.4 Å². The van der Waals surface area contributed by atoms with Gasteiger partial charge in [0.1, 0.15) is 6.29 Å². The number of sulfonamides is 1. The minimum atomic E-state index is -4.76. The molecule has 0 aliphatic carbocycles. The van der Waals surface area contributed by atoms with Crippen LogP contribution in [0.5, 0.6) is 0 Å². The minimum absolute atomic E-state index is 0.0635. The fourth-order valence-corrected chi connectivity index (χ4v) is 6.55. The zero-order valence-corrected chi connectivity index (χ0v) is 18.3. The van der Waals surface area contributed by atoms with Crippen LogP contribution >= 0.6 is 30.8 Å². The lowest BCUT2D eigenvalue weighted by atomic mass is 10.1. The average molecular weight is 479 g/mol. The van der Waals surface area contributed by atoms with Crippen molar-refractivity contribution in [2.75, 3.05) is 22.0 Å². The molecule has 1 aliphatic heterocycles. The summed E-state index contributed by atoms with van der Waals surface area (Å²) in [7, 11) is -9.15. The Kier molecular flexibility index (Phi) is 6.02. The van der Waals surface area contributed by atoms with Gasteiger partial charge in [0.25, 0.3) is 10.0 Å². The van der Waals surface area contributed by atoms with Crippen molar-refractivity contribution in [2.45, 2.75) is 18.2 Å². The van der Waals surface area contributed by atoms with Gasteiger partial charge in [-0.05, 0) is 48.4 Å². The van der Waals surface area contributed by atoms with Crippen LogP contribution in [0.1, 0.15) is 12.5 Å². The summed E-state index contributed by atoms with van der Waals surface area (Å²) in [6.07, 6.45) is -0.565. The number of amides is 1. The first-order valence-electron chi connectivity index (χ1n) is 8.33. The summed E-state index contributed by atoms with van der Waals surface area (Å²) in [5.74, 6) is -0.148. The fraction of sp³-hybridized carbons (Fsp3) is 0.235. The Hall–Kier alpha value is -1.61. The monoisotopic (exact) mass is 478 g/mol. The van der Waals surface area contributed by atoms with Crippen LogP contribution in [0.15, 0.2) is 41.3 Å². The van der Waals surface area contributed by atoms with E-state index in [1.807, 2.05) is 0 Å². The lowest BCUT2D eigenvalue weighted by Crippen LogP contribution is -2.32. The molecule has 0 saturated heterocycles. The predicted octanol–water partition coefficient (Wildman–Crippen LogP) is 3.23. The number of fused-ring (bicyclic) bond motifs is 1. The number of anilines is 2. The van der Waals surface area contributed by atoms with Gasteiger partial charge in [0, 0.05) is 29.2 Å². The Labute approximate surface area is 177 Å². The molecule has 2 aromatic carbocycles.